The number of rotatable bonds is 6. The fourth-order valence-electron chi connectivity index (χ4n) is 2.79. The van der Waals surface area contributed by atoms with Crippen LogP contribution in [0.15, 0.2) is 24.8 Å². The number of nitrogens with zero attached hydrogens (tertiary/aromatic N) is 5. The van der Waals surface area contributed by atoms with E-state index in [1.54, 1.807) is 6.33 Å². The molecule has 3 rings (SSSR count). The largest absolute Gasteiger partial charge is 0.381 e. The fraction of sp³-hybridized carbons (Fsp3) is 0.562. The van der Waals surface area contributed by atoms with E-state index in [9.17, 15) is 0 Å². The quantitative estimate of drug-likeness (QED) is 0.814. The smallest absolute Gasteiger partial charge is 0.131 e. The molecular formula is C16H23N5O. The van der Waals surface area contributed by atoms with Crippen molar-refractivity contribution in [3.05, 3.63) is 36.3 Å². The Kier molecular flexibility index (Phi) is 4.68. The number of aromatic nitrogens is 4. The predicted octanol–water partition coefficient (Wildman–Crippen LogP) is 1.78. The molecule has 1 atom stereocenters. The van der Waals surface area contributed by atoms with Crippen LogP contribution in [0, 0.1) is 0 Å². The molecule has 0 aromatic carbocycles. The van der Waals surface area contributed by atoms with Crippen LogP contribution in [0.5, 0.6) is 0 Å². The third kappa shape index (κ3) is 3.44. The van der Waals surface area contributed by atoms with Crippen LogP contribution >= 0.6 is 0 Å². The average molecular weight is 301 g/mol. The van der Waals surface area contributed by atoms with Gasteiger partial charge in [-0.3, -0.25) is 0 Å². The second kappa shape index (κ2) is 6.87. The molecule has 6 heteroatoms. The second-order valence-electron chi connectivity index (χ2n) is 5.84. The van der Waals surface area contributed by atoms with Crippen LogP contribution in [0.2, 0.25) is 0 Å². The Bertz CT molecular complexity index is 606. The highest BCUT2D eigenvalue weighted by Crippen LogP contribution is 2.25. The molecule has 0 amide bonds. The Labute approximate surface area is 131 Å². The first-order valence-electron chi connectivity index (χ1n) is 7.81. The maximum Gasteiger partial charge on any atom is 0.131 e. The molecule has 0 spiro atoms. The molecule has 2 aromatic rings. The lowest BCUT2D eigenvalue weighted by Crippen LogP contribution is -2.21. The first-order chi connectivity index (χ1) is 10.7. The number of imidazole rings is 1. The van der Waals surface area contributed by atoms with Crippen LogP contribution in [-0.2, 0) is 18.2 Å². The van der Waals surface area contributed by atoms with Crippen LogP contribution in [-0.4, -0.2) is 46.3 Å². The van der Waals surface area contributed by atoms with E-state index in [-0.39, 0.29) is 0 Å². The molecule has 0 N–H and O–H groups in total. The van der Waals surface area contributed by atoms with Crippen molar-refractivity contribution in [1.29, 1.82) is 0 Å². The molecule has 118 valence electrons. The summed E-state index contributed by atoms with van der Waals surface area (Å²) in [7, 11) is 4.11. The van der Waals surface area contributed by atoms with Gasteiger partial charge < -0.3 is 14.2 Å². The highest BCUT2D eigenvalue weighted by Gasteiger charge is 2.20. The van der Waals surface area contributed by atoms with Crippen molar-refractivity contribution in [1.82, 2.24) is 19.5 Å². The molecule has 0 saturated carbocycles. The molecule has 1 aliphatic rings. The minimum Gasteiger partial charge on any atom is -0.381 e. The third-order valence-electron chi connectivity index (χ3n) is 4.23. The maximum absolute atomic E-state index is 5.45. The summed E-state index contributed by atoms with van der Waals surface area (Å²) >= 11 is 0. The minimum atomic E-state index is 0.419. The normalized spacial score (nSPS) is 17.8. The maximum atomic E-state index is 5.45. The van der Waals surface area contributed by atoms with E-state index in [4.69, 9.17) is 4.74 Å². The molecule has 2 aromatic heterocycles. The lowest BCUT2D eigenvalue weighted by Gasteiger charge is -2.19. The Morgan fingerprint density at radius 2 is 2.27 bits per heavy atom. The zero-order valence-electron chi connectivity index (χ0n) is 13.3. The van der Waals surface area contributed by atoms with Gasteiger partial charge in [-0.2, -0.15) is 0 Å². The van der Waals surface area contributed by atoms with Crippen molar-refractivity contribution in [2.75, 3.05) is 31.7 Å². The third-order valence-corrected chi connectivity index (χ3v) is 4.23. The van der Waals surface area contributed by atoms with Crippen LogP contribution in [0.3, 0.4) is 0 Å². The Morgan fingerprint density at radius 1 is 1.36 bits per heavy atom. The summed E-state index contributed by atoms with van der Waals surface area (Å²) in [6.45, 7) is 2.56. The SMILES string of the molecule is CN(CCCc1nccn1C)c1cc(C2CCOC2)ncn1. The highest BCUT2D eigenvalue weighted by atomic mass is 16.5. The number of aryl methyl sites for hydroxylation is 2. The zero-order chi connectivity index (χ0) is 15.4. The predicted molar refractivity (Wildman–Crippen MR) is 85.0 cm³/mol. The number of anilines is 1. The molecule has 0 aliphatic carbocycles. The molecule has 0 radical (unpaired) electrons. The van der Waals surface area contributed by atoms with Gasteiger partial charge in [0.2, 0.25) is 0 Å². The summed E-state index contributed by atoms with van der Waals surface area (Å²) < 4.78 is 7.52. The van der Waals surface area contributed by atoms with Gasteiger partial charge in [0.25, 0.3) is 0 Å². The molecule has 0 bridgehead atoms. The highest BCUT2D eigenvalue weighted by molar-refractivity contribution is 5.38. The lowest BCUT2D eigenvalue weighted by molar-refractivity contribution is 0.193. The summed E-state index contributed by atoms with van der Waals surface area (Å²) in [5, 5.41) is 0. The summed E-state index contributed by atoms with van der Waals surface area (Å²) in [6.07, 6.45) is 8.58. The van der Waals surface area contributed by atoms with Gasteiger partial charge in [0.15, 0.2) is 0 Å². The van der Waals surface area contributed by atoms with Gasteiger partial charge in [-0.05, 0) is 12.8 Å². The average Bonchev–Trinajstić information content (AvgIpc) is 3.20. The summed E-state index contributed by atoms with van der Waals surface area (Å²) in [6, 6.07) is 2.10. The van der Waals surface area contributed by atoms with E-state index in [0.717, 1.165) is 56.4 Å². The summed E-state index contributed by atoms with van der Waals surface area (Å²) in [5.41, 5.74) is 1.10. The van der Waals surface area contributed by atoms with Crippen LogP contribution < -0.4 is 4.90 Å². The van der Waals surface area contributed by atoms with E-state index in [0.29, 0.717) is 5.92 Å². The van der Waals surface area contributed by atoms with E-state index in [2.05, 4.69) is 37.5 Å². The molecule has 1 unspecified atom stereocenters. The first kappa shape index (κ1) is 15.0. The van der Waals surface area contributed by atoms with Crippen molar-refractivity contribution in [2.24, 2.45) is 7.05 Å². The molecule has 1 fully saturated rings. The lowest BCUT2D eigenvalue weighted by atomic mass is 10.0. The number of hydrogen-bond acceptors (Lipinski definition) is 5. The first-order valence-corrected chi connectivity index (χ1v) is 7.81. The monoisotopic (exact) mass is 301 g/mol. The van der Waals surface area contributed by atoms with Gasteiger partial charge >= 0.3 is 0 Å². The fourth-order valence-corrected chi connectivity index (χ4v) is 2.79. The number of hydrogen-bond donors (Lipinski definition) is 0. The Balaban J connectivity index is 1.56. The Morgan fingerprint density at radius 3 is 3.00 bits per heavy atom. The van der Waals surface area contributed by atoms with Crippen molar-refractivity contribution >= 4 is 5.82 Å². The molecule has 6 nitrogen and oxygen atoms in total. The molecular weight excluding hydrogens is 278 g/mol. The van der Waals surface area contributed by atoms with E-state index in [1.165, 1.54) is 0 Å². The zero-order valence-corrected chi connectivity index (χ0v) is 13.3. The molecule has 1 saturated heterocycles. The van der Waals surface area contributed by atoms with Crippen molar-refractivity contribution in [2.45, 2.75) is 25.2 Å². The van der Waals surface area contributed by atoms with Crippen LogP contribution in [0.1, 0.15) is 30.3 Å². The summed E-state index contributed by atoms with van der Waals surface area (Å²) in [4.78, 5) is 15.3. The molecule has 1 aliphatic heterocycles. The minimum absolute atomic E-state index is 0.419. The van der Waals surface area contributed by atoms with Crippen molar-refractivity contribution in [3.8, 4) is 0 Å². The standard InChI is InChI=1S/C16H23N5O/c1-20(7-3-4-15-17-6-8-21(15)2)16-10-14(18-12-19-16)13-5-9-22-11-13/h6,8,10,12-13H,3-5,7,9,11H2,1-2H3. The Hall–Kier alpha value is -1.95. The van der Waals surface area contributed by atoms with E-state index < -0.39 is 0 Å². The van der Waals surface area contributed by atoms with Crippen molar-refractivity contribution in [3.63, 3.8) is 0 Å². The van der Waals surface area contributed by atoms with Crippen LogP contribution in [0.4, 0.5) is 5.82 Å². The van der Waals surface area contributed by atoms with Crippen molar-refractivity contribution < 1.29 is 4.74 Å². The second-order valence-corrected chi connectivity index (χ2v) is 5.84. The van der Waals surface area contributed by atoms with Gasteiger partial charge in [-0.15, -0.1) is 0 Å². The number of ether oxygens (including phenoxy) is 1. The van der Waals surface area contributed by atoms with E-state index in [1.807, 2.05) is 19.4 Å². The van der Waals surface area contributed by atoms with Gasteiger partial charge in [-0.1, -0.05) is 0 Å². The van der Waals surface area contributed by atoms with Gasteiger partial charge in [0, 0.05) is 58.0 Å². The van der Waals surface area contributed by atoms with Gasteiger partial charge in [-0.25, -0.2) is 15.0 Å². The van der Waals surface area contributed by atoms with Gasteiger partial charge in [0.1, 0.15) is 18.0 Å². The topological polar surface area (TPSA) is 56.1 Å². The summed E-state index contributed by atoms with van der Waals surface area (Å²) in [5.74, 6) is 2.53. The van der Waals surface area contributed by atoms with E-state index >= 15 is 0 Å². The van der Waals surface area contributed by atoms with Crippen LogP contribution in [0.25, 0.3) is 0 Å². The van der Waals surface area contributed by atoms with Gasteiger partial charge in [0.05, 0.1) is 12.3 Å². The molecule has 22 heavy (non-hydrogen) atoms. The molecule has 3 heterocycles.